The number of fused-ring (bicyclic) bond motifs is 2. The highest BCUT2D eigenvalue weighted by molar-refractivity contribution is 6.30. The molecule has 6 heteroatoms. The molecule has 0 spiro atoms. The zero-order chi connectivity index (χ0) is 15.7. The fourth-order valence-electron chi connectivity index (χ4n) is 3.01. The number of hydrogen-bond acceptors (Lipinski definition) is 3. The molecule has 2 aliphatic heterocycles. The van der Waals surface area contributed by atoms with E-state index in [-0.39, 0.29) is 5.91 Å². The van der Waals surface area contributed by atoms with Gasteiger partial charge in [0.15, 0.2) is 0 Å². The van der Waals surface area contributed by atoms with Crippen molar-refractivity contribution >= 4 is 23.5 Å². The Morgan fingerprint density at radius 1 is 1.14 bits per heavy atom. The zero-order valence-corrected chi connectivity index (χ0v) is 12.5. The third-order valence-corrected chi connectivity index (χ3v) is 4.37. The molecule has 116 valence electrons. The number of nitrogens with one attached hydrogen (secondary N) is 1. The molecule has 1 fully saturated rings. The Hall–Kier alpha value is -1.85. The Morgan fingerprint density at radius 2 is 1.77 bits per heavy atom. The maximum atomic E-state index is 12.3. The quantitative estimate of drug-likeness (QED) is 0.809. The van der Waals surface area contributed by atoms with Gasteiger partial charge in [-0.15, -0.1) is 0 Å². The van der Waals surface area contributed by atoms with Crippen molar-refractivity contribution in [3.05, 3.63) is 47.0 Å². The smallest absolute Gasteiger partial charge is 0.310 e. The lowest BCUT2D eigenvalue weighted by atomic mass is 9.82. The van der Waals surface area contributed by atoms with Crippen molar-refractivity contribution in [2.45, 2.75) is 18.6 Å². The second kappa shape index (κ2) is 6.10. The molecule has 0 aliphatic carbocycles. The van der Waals surface area contributed by atoms with Crippen molar-refractivity contribution in [3.63, 3.8) is 0 Å². The van der Waals surface area contributed by atoms with E-state index in [9.17, 15) is 14.7 Å². The minimum absolute atomic E-state index is 0.266. The standard InChI is InChI=1S/C16H16ClNO4/c17-10-3-1-9(2-4-10)7-8-18-15(19)13-11-5-6-12(22-11)14(13)16(20)21/h1-6,11-14H,7-8H2,(H,18,19)(H,20,21)/t11-,12-,13+,14-/m1/s1. The van der Waals surface area contributed by atoms with E-state index < -0.39 is 30.0 Å². The summed E-state index contributed by atoms with van der Waals surface area (Å²) in [6, 6.07) is 7.40. The molecule has 3 rings (SSSR count). The van der Waals surface area contributed by atoms with E-state index in [2.05, 4.69) is 5.32 Å². The van der Waals surface area contributed by atoms with Gasteiger partial charge in [0.25, 0.3) is 0 Å². The molecule has 5 nitrogen and oxygen atoms in total. The number of carboxylic acids is 1. The van der Waals surface area contributed by atoms with Gasteiger partial charge in [-0.3, -0.25) is 9.59 Å². The first-order valence-electron chi connectivity index (χ1n) is 7.15. The van der Waals surface area contributed by atoms with Gasteiger partial charge < -0.3 is 15.2 Å². The summed E-state index contributed by atoms with van der Waals surface area (Å²) in [6.07, 6.45) is 3.24. The first-order valence-corrected chi connectivity index (χ1v) is 7.53. The third-order valence-electron chi connectivity index (χ3n) is 4.11. The zero-order valence-electron chi connectivity index (χ0n) is 11.7. The monoisotopic (exact) mass is 321 g/mol. The fraction of sp³-hybridized carbons (Fsp3) is 0.375. The van der Waals surface area contributed by atoms with Crippen LogP contribution in [0, 0.1) is 11.8 Å². The van der Waals surface area contributed by atoms with Gasteiger partial charge in [0.2, 0.25) is 5.91 Å². The van der Waals surface area contributed by atoms with Gasteiger partial charge in [-0.25, -0.2) is 0 Å². The molecule has 2 N–H and O–H groups in total. The molecule has 2 bridgehead atoms. The van der Waals surface area contributed by atoms with Gasteiger partial charge in [-0.1, -0.05) is 35.9 Å². The lowest BCUT2D eigenvalue weighted by Gasteiger charge is -2.20. The second-order valence-corrected chi connectivity index (χ2v) is 5.94. The first-order chi connectivity index (χ1) is 10.6. The van der Waals surface area contributed by atoms with E-state index in [1.165, 1.54) is 0 Å². The number of ether oxygens (including phenoxy) is 1. The van der Waals surface area contributed by atoms with Crippen molar-refractivity contribution in [3.8, 4) is 0 Å². The molecule has 4 atom stereocenters. The number of carbonyl (C=O) groups is 2. The van der Waals surface area contributed by atoms with Crippen molar-refractivity contribution in [1.29, 1.82) is 0 Å². The Labute approximate surface area is 132 Å². The van der Waals surface area contributed by atoms with Crippen LogP contribution in [0.4, 0.5) is 0 Å². The topological polar surface area (TPSA) is 75.6 Å². The van der Waals surface area contributed by atoms with Gasteiger partial charge in [-0.2, -0.15) is 0 Å². The summed E-state index contributed by atoms with van der Waals surface area (Å²) >= 11 is 5.82. The molecule has 0 aromatic heterocycles. The normalized spacial score (nSPS) is 28.8. The molecule has 2 heterocycles. The van der Waals surface area contributed by atoms with E-state index in [4.69, 9.17) is 16.3 Å². The van der Waals surface area contributed by atoms with Crippen LogP contribution in [0.1, 0.15) is 5.56 Å². The van der Waals surface area contributed by atoms with Crippen LogP contribution in [0.3, 0.4) is 0 Å². The number of carbonyl (C=O) groups excluding carboxylic acids is 1. The summed E-state index contributed by atoms with van der Waals surface area (Å²) < 4.78 is 5.49. The average Bonchev–Trinajstić information content (AvgIpc) is 3.09. The van der Waals surface area contributed by atoms with Crippen LogP contribution in [0.25, 0.3) is 0 Å². The molecule has 1 aromatic carbocycles. The summed E-state index contributed by atoms with van der Waals surface area (Å²) in [6.45, 7) is 0.449. The SMILES string of the molecule is O=C(NCCc1ccc(Cl)cc1)[C@@H]1[C@H](C(=O)O)[C@H]2C=C[C@H]1O2. The third kappa shape index (κ3) is 2.87. The summed E-state index contributed by atoms with van der Waals surface area (Å²) in [7, 11) is 0. The summed E-state index contributed by atoms with van der Waals surface area (Å²) in [5.41, 5.74) is 1.06. The predicted molar refractivity (Wildman–Crippen MR) is 80.6 cm³/mol. The van der Waals surface area contributed by atoms with Crippen molar-refractivity contribution in [2.75, 3.05) is 6.54 Å². The highest BCUT2D eigenvalue weighted by Crippen LogP contribution is 2.39. The second-order valence-electron chi connectivity index (χ2n) is 5.51. The molecule has 1 amide bonds. The van der Waals surface area contributed by atoms with E-state index in [0.717, 1.165) is 5.56 Å². The Kier molecular flexibility index (Phi) is 4.18. The van der Waals surface area contributed by atoms with E-state index in [0.29, 0.717) is 18.0 Å². The molecular weight excluding hydrogens is 306 g/mol. The van der Waals surface area contributed by atoms with Gasteiger partial charge in [0.1, 0.15) is 5.92 Å². The molecule has 1 aromatic rings. The van der Waals surface area contributed by atoms with Gasteiger partial charge in [0.05, 0.1) is 18.1 Å². The molecule has 0 radical (unpaired) electrons. The van der Waals surface area contributed by atoms with Crippen LogP contribution < -0.4 is 5.32 Å². The van der Waals surface area contributed by atoms with Crippen molar-refractivity contribution in [1.82, 2.24) is 5.32 Å². The summed E-state index contributed by atoms with van der Waals surface area (Å²) in [5.74, 6) is -2.71. The number of halogens is 1. The number of rotatable bonds is 5. The number of amides is 1. The molecule has 22 heavy (non-hydrogen) atoms. The van der Waals surface area contributed by atoms with Crippen LogP contribution >= 0.6 is 11.6 Å². The first kappa shape index (κ1) is 15.1. The largest absolute Gasteiger partial charge is 0.481 e. The number of carboxylic acid groups (broad SMARTS) is 1. The lowest BCUT2D eigenvalue weighted by molar-refractivity contribution is -0.146. The lowest BCUT2D eigenvalue weighted by Crippen LogP contribution is -2.43. The summed E-state index contributed by atoms with van der Waals surface area (Å²) in [4.78, 5) is 23.6. The van der Waals surface area contributed by atoms with Crippen molar-refractivity contribution < 1.29 is 19.4 Å². The molecule has 2 aliphatic rings. The minimum Gasteiger partial charge on any atom is -0.481 e. The molecule has 0 unspecified atom stereocenters. The van der Waals surface area contributed by atoms with Crippen LogP contribution in [0.2, 0.25) is 5.02 Å². The van der Waals surface area contributed by atoms with Gasteiger partial charge in [0, 0.05) is 11.6 Å². The van der Waals surface area contributed by atoms with E-state index >= 15 is 0 Å². The minimum atomic E-state index is -0.991. The number of aliphatic carboxylic acids is 1. The van der Waals surface area contributed by atoms with E-state index in [1.54, 1.807) is 24.3 Å². The maximum absolute atomic E-state index is 12.3. The number of hydrogen-bond donors (Lipinski definition) is 2. The average molecular weight is 322 g/mol. The Balaban J connectivity index is 1.56. The maximum Gasteiger partial charge on any atom is 0.310 e. The molecule has 0 saturated carbocycles. The van der Waals surface area contributed by atoms with Crippen LogP contribution in [-0.2, 0) is 20.7 Å². The van der Waals surface area contributed by atoms with E-state index in [1.807, 2.05) is 12.1 Å². The van der Waals surface area contributed by atoms with Crippen LogP contribution in [-0.4, -0.2) is 35.7 Å². The summed E-state index contributed by atoms with van der Waals surface area (Å²) in [5, 5.41) is 12.8. The predicted octanol–water partition coefficient (Wildman–Crippen LogP) is 1.65. The fourth-order valence-corrected chi connectivity index (χ4v) is 3.14. The van der Waals surface area contributed by atoms with Crippen LogP contribution in [0.15, 0.2) is 36.4 Å². The Morgan fingerprint density at radius 3 is 2.41 bits per heavy atom. The van der Waals surface area contributed by atoms with Crippen LogP contribution in [0.5, 0.6) is 0 Å². The number of benzene rings is 1. The highest BCUT2D eigenvalue weighted by atomic mass is 35.5. The highest BCUT2D eigenvalue weighted by Gasteiger charge is 2.53. The van der Waals surface area contributed by atoms with Gasteiger partial charge in [-0.05, 0) is 24.1 Å². The van der Waals surface area contributed by atoms with Crippen molar-refractivity contribution in [2.24, 2.45) is 11.8 Å². The molecular formula is C16H16ClNO4. The molecule has 1 saturated heterocycles. The van der Waals surface area contributed by atoms with Gasteiger partial charge >= 0.3 is 5.97 Å². The Bertz CT molecular complexity index is 613.